The van der Waals surface area contributed by atoms with Crippen LogP contribution in [0, 0.1) is 12.8 Å². The van der Waals surface area contributed by atoms with Gasteiger partial charge in [-0.3, -0.25) is 0 Å². The highest BCUT2D eigenvalue weighted by Gasteiger charge is 2.26. The number of rotatable bonds is 3. The molecule has 0 saturated carbocycles. The maximum absolute atomic E-state index is 12.3. The van der Waals surface area contributed by atoms with Gasteiger partial charge in [-0.05, 0) is 50.0 Å². The van der Waals surface area contributed by atoms with E-state index in [-0.39, 0.29) is 16.9 Å². The van der Waals surface area contributed by atoms with Crippen molar-refractivity contribution in [1.29, 1.82) is 0 Å². The Labute approximate surface area is 119 Å². The normalized spacial score (nSPS) is 24.4. The Morgan fingerprint density at radius 1 is 1.42 bits per heavy atom. The number of piperidine rings is 1. The van der Waals surface area contributed by atoms with Crippen molar-refractivity contribution in [1.82, 2.24) is 10.0 Å². The summed E-state index contributed by atoms with van der Waals surface area (Å²) >= 11 is 5.99. The first-order chi connectivity index (χ1) is 8.90. The monoisotopic (exact) mass is 302 g/mol. The zero-order valence-electron chi connectivity index (χ0n) is 11.1. The van der Waals surface area contributed by atoms with Crippen molar-refractivity contribution >= 4 is 21.6 Å². The average Bonchev–Trinajstić information content (AvgIpc) is 2.35. The molecule has 1 saturated heterocycles. The minimum atomic E-state index is -3.49. The summed E-state index contributed by atoms with van der Waals surface area (Å²) in [6, 6.07) is 4.80. The number of hydrogen-bond donors (Lipinski definition) is 2. The van der Waals surface area contributed by atoms with E-state index in [1.54, 1.807) is 12.1 Å². The van der Waals surface area contributed by atoms with E-state index in [4.69, 9.17) is 11.6 Å². The van der Waals surface area contributed by atoms with E-state index in [0.717, 1.165) is 25.1 Å². The summed E-state index contributed by atoms with van der Waals surface area (Å²) in [4.78, 5) is 0.230. The lowest BCUT2D eigenvalue weighted by atomic mass is 9.97. The fourth-order valence-corrected chi connectivity index (χ4v) is 3.85. The molecular weight excluding hydrogens is 284 g/mol. The fraction of sp³-hybridized carbons (Fsp3) is 0.538. The third-order valence-electron chi connectivity index (χ3n) is 3.55. The molecule has 1 aromatic carbocycles. The van der Waals surface area contributed by atoms with Crippen molar-refractivity contribution in [3.8, 4) is 0 Å². The molecular formula is C13H19ClN2O2S. The minimum Gasteiger partial charge on any atom is -0.316 e. The zero-order valence-corrected chi connectivity index (χ0v) is 12.7. The van der Waals surface area contributed by atoms with Crippen LogP contribution >= 0.6 is 11.6 Å². The molecule has 4 nitrogen and oxygen atoms in total. The SMILES string of the molecule is Cc1ccc(S(=O)(=O)NC2CCNCC2C)cc1Cl. The number of halogens is 1. The molecule has 0 bridgehead atoms. The molecule has 1 fully saturated rings. The fourth-order valence-electron chi connectivity index (χ4n) is 2.20. The van der Waals surface area contributed by atoms with Crippen LogP contribution in [0.25, 0.3) is 0 Å². The van der Waals surface area contributed by atoms with Crippen LogP contribution in [0.5, 0.6) is 0 Å². The van der Waals surface area contributed by atoms with E-state index in [2.05, 4.69) is 10.0 Å². The molecule has 19 heavy (non-hydrogen) atoms. The topological polar surface area (TPSA) is 58.2 Å². The highest BCUT2D eigenvalue weighted by molar-refractivity contribution is 7.89. The van der Waals surface area contributed by atoms with Gasteiger partial charge in [-0.1, -0.05) is 24.6 Å². The molecule has 0 aliphatic carbocycles. The first-order valence-electron chi connectivity index (χ1n) is 6.39. The molecule has 2 atom stereocenters. The lowest BCUT2D eigenvalue weighted by molar-refractivity contribution is 0.328. The molecule has 0 spiro atoms. The van der Waals surface area contributed by atoms with Crippen LogP contribution < -0.4 is 10.0 Å². The third-order valence-corrected chi connectivity index (χ3v) is 5.44. The largest absolute Gasteiger partial charge is 0.316 e. The van der Waals surface area contributed by atoms with Gasteiger partial charge in [-0.25, -0.2) is 13.1 Å². The number of hydrogen-bond acceptors (Lipinski definition) is 3. The van der Waals surface area contributed by atoms with Crippen molar-refractivity contribution in [2.75, 3.05) is 13.1 Å². The minimum absolute atomic E-state index is 0.0219. The molecule has 0 amide bonds. The summed E-state index contributed by atoms with van der Waals surface area (Å²) in [5.74, 6) is 0.282. The van der Waals surface area contributed by atoms with Crippen LogP contribution in [0.3, 0.4) is 0 Å². The second-order valence-corrected chi connectivity index (χ2v) is 7.23. The van der Waals surface area contributed by atoms with Crippen molar-refractivity contribution in [3.63, 3.8) is 0 Å². The van der Waals surface area contributed by atoms with Crippen LogP contribution in [0.2, 0.25) is 5.02 Å². The van der Waals surface area contributed by atoms with Crippen LogP contribution in [0.4, 0.5) is 0 Å². The highest BCUT2D eigenvalue weighted by Crippen LogP contribution is 2.21. The van der Waals surface area contributed by atoms with Crippen molar-refractivity contribution in [2.24, 2.45) is 5.92 Å². The molecule has 2 rings (SSSR count). The third kappa shape index (κ3) is 3.48. The summed E-state index contributed by atoms with van der Waals surface area (Å²) in [6.07, 6.45) is 0.806. The molecule has 2 N–H and O–H groups in total. The molecule has 1 aliphatic rings. The van der Waals surface area contributed by atoms with E-state index in [1.807, 2.05) is 13.8 Å². The van der Waals surface area contributed by atoms with Gasteiger partial charge in [-0.15, -0.1) is 0 Å². The Morgan fingerprint density at radius 3 is 2.79 bits per heavy atom. The van der Waals surface area contributed by atoms with E-state index >= 15 is 0 Å². The Balaban J connectivity index is 2.19. The molecule has 1 aliphatic heterocycles. The van der Waals surface area contributed by atoms with Crippen LogP contribution in [-0.2, 0) is 10.0 Å². The summed E-state index contributed by atoms with van der Waals surface area (Å²) in [6.45, 7) is 5.57. The molecule has 106 valence electrons. The second kappa shape index (κ2) is 5.79. The first-order valence-corrected chi connectivity index (χ1v) is 8.25. The smallest absolute Gasteiger partial charge is 0.240 e. The number of nitrogens with one attached hydrogen (secondary N) is 2. The molecule has 1 aromatic rings. The standard InChI is InChI=1S/C13H19ClN2O2S/c1-9-3-4-11(7-12(9)14)19(17,18)16-13-5-6-15-8-10(13)2/h3-4,7,10,13,15-16H,5-6,8H2,1-2H3. The lowest BCUT2D eigenvalue weighted by Gasteiger charge is -2.30. The van der Waals surface area contributed by atoms with Gasteiger partial charge in [0.15, 0.2) is 0 Å². The molecule has 6 heteroatoms. The van der Waals surface area contributed by atoms with Gasteiger partial charge in [0.2, 0.25) is 10.0 Å². The van der Waals surface area contributed by atoms with Crippen molar-refractivity contribution < 1.29 is 8.42 Å². The quantitative estimate of drug-likeness (QED) is 0.897. The highest BCUT2D eigenvalue weighted by atomic mass is 35.5. The van der Waals surface area contributed by atoms with E-state index in [9.17, 15) is 8.42 Å². The Hall–Kier alpha value is -0.620. The summed E-state index contributed by atoms with van der Waals surface area (Å²) < 4.78 is 27.4. The van der Waals surface area contributed by atoms with Crippen molar-refractivity contribution in [3.05, 3.63) is 28.8 Å². The van der Waals surface area contributed by atoms with Gasteiger partial charge < -0.3 is 5.32 Å². The molecule has 1 heterocycles. The van der Waals surface area contributed by atoms with Gasteiger partial charge in [0.05, 0.1) is 4.90 Å². The van der Waals surface area contributed by atoms with Crippen LogP contribution in [0.15, 0.2) is 23.1 Å². The second-order valence-electron chi connectivity index (χ2n) is 5.11. The van der Waals surface area contributed by atoms with Gasteiger partial charge >= 0.3 is 0 Å². The molecule has 0 aromatic heterocycles. The van der Waals surface area contributed by atoms with E-state index in [0.29, 0.717) is 5.02 Å². The maximum Gasteiger partial charge on any atom is 0.240 e. The number of aryl methyl sites for hydroxylation is 1. The van der Waals surface area contributed by atoms with Crippen LogP contribution in [0.1, 0.15) is 18.9 Å². The Morgan fingerprint density at radius 2 is 2.16 bits per heavy atom. The zero-order chi connectivity index (χ0) is 14.0. The van der Waals surface area contributed by atoms with Gasteiger partial charge in [0.25, 0.3) is 0 Å². The van der Waals surface area contributed by atoms with Gasteiger partial charge in [-0.2, -0.15) is 0 Å². The summed E-state index contributed by atoms with van der Waals surface area (Å²) in [5, 5.41) is 3.72. The van der Waals surface area contributed by atoms with Crippen molar-refractivity contribution in [2.45, 2.75) is 31.2 Å². The predicted molar refractivity (Wildman–Crippen MR) is 76.9 cm³/mol. The number of sulfonamides is 1. The summed E-state index contributed by atoms with van der Waals surface area (Å²) in [5.41, 5.74) is 0.871. The Kier molecular flexibility index (Phi) is 4.50. The number of benzene rings is 1. The van der Waals surface area contributed by atoms with Crippen LogP contribution in [-0.4, -0.2) is 27.5 Å². The maximum atomic E-state index is 12.3. The first kappa shape index (κ1) is 14.8. The van der Waals surface area contributed by atoms with E-state index in [1.165, 1.54) is 6.07 Å². The lowest BCUT2D eigenvalue weighted by Crippen LogP contribution is -2.48. The van der Waals surface area contributed by atoms with E-state index < -0.39 is 10.0 Å². The molecule has 2 unspecified atom stereocenters. The van der Waals surface area contributed by atoms with Gasteiger partial charge in [0.1, 0.15) is 0 Å². The van der Waals surface area contributed by atoms with Gasteiger partial charge in [0, 0.05) is 11.1 Å². The molecule has 0 radical (unpaired) electrons. The average molecular weight is 303 g/mol. The predicted octanol–water partition coefficient (Wildman–Crippen LogP) is 1.92. The summed E-state index contributed by atoms with van der Waals surface area (Å²) in [7, 11) is -3.49. The Bertz CT molecular complexity index is 560.